The van der Waals surface area contributed by atoms with Crippen molar-refractivity contribution in [3.8, 4) is 0 Å². The Labute approximate surface area is 153 Å². The fourth-order valence-corrected chi connectivity index (χ4v) is 2.72. The second-order valence-electron chi connectivity index (χ2n) is 6.20. The molecule has 134 valence electrons. The van der Waals surface area contributed by atoms with Crippen LogP contribution in [0.2, 0.25) is 0 Å². The Balaban J connectivity index is 1.66. The monoisotopic (exact) mass is 349 g/mol. The molecule has 0 saturated heterocycles. The molecule has 1 N–H and O–H groups in total. The SMILES string of the molecule is CC(OCc1ccccc1)C(=O)N(Cc1ccccc1)Cc1ccn[nH]1. The highest BCUT2D eigenvalue weighted by atomic mass is 16.5. The maximum absolute atomic E-state index is 13.0. The van der Waals surface area contributed by atoms with Crippen molar-refractivity contribution < 1.29 is 9.53 Å². The van der Waals surface area contributed by atoms with Crippen molar-refractivity contribution in [1.82, 2.24) is 15.1 Å². The van der Waals surface area contributed by atoms with Crippen molar-refractivity contribution in [2.24, 2.45) is 0 Å². The van der Waals surface area contributed by atoms with E-state index in [0.29, 0.717) is 19.7 Å². The highest BCUT2D eigenvalue weighted by Gasteiger charge is 2.22. The highest BCUT2D eigenvalue weighted by Crippen LogP contribution is 2.12. The summed E-state index contributed by atoms with van der Waals surface area (Å²) in [5.41, 5.74) is 3.02. The van der Waals surface area contributed by atoms with E-state index in [1.807, 2.05) is 66.7 Å². The molecule has 26 heavy (non-hydrogen) atoms. The molecule has 3 aromatic rings. The van der Waals surface area contributed by atoms with Gasteiger partial charge in [-0.3, -0.25) is 9.89 Å². The normalized spacial score (nSPS) is 11.9. The van der Waals surface area contributed by atoms with Gasteiger partial charge in [0.25, 0.3) is 5.91 Å². The number of carbonyl (C=O) groups is 1. The van der Waals surface area contributed by atoms with Gasteiger partial charge in [-0.05, 0) is 24.1 Å². The molecular formula is C21H23N3O2. The molecule has 0 saturated carbocycles. The van der Waals surface area contributed by atoms with E-state index in [0.717, 1.165) is 16.8 Å². The van der Waals surface area contributed by atoms with Crippen LogP contribution in [-0.2, 0) is 29.2 Å². The minimum atomic E-state index is -0.526. The van der Waals surface area contributed by atoms with Crippen molar-refractivity contribution >= 4 is 5.91 Å². The van der Waals surface area contributed by atoms with Gasteiger partial charge >= 0.3 is 0 Å². The third kappa shape index (κ3) is 5.04. The van der Waals surface area contributed by atoms with Gasteiger partial charge < -0.3 is 9.64 Å². The first-order valence-electron chi connectivity index (χ1n) is 8.69. The summed E-state index contributed by atoms with van der Waals surface area (Å²) in [6, 6.07) is 21.7. The van der Waals surface area contributed by atoms with Crippen molar-refractivity contribution in [3.63, 3.8) is 0 Å². The lowest BCUT2D eigenvalue weighted by molar-refractivity contribution is -0.144. The lowest BCUT2D eigenvalue weighted by Crippen LogP contribution is -2.38. The molecule has 0 bridgehead atoms. The van der Waals surface area contributed by atoms with E-state index in [2.05, 4.69) is 10.2 Å². The molecule has 0 aliphatic carbocycles. The van der Waals surface area contributed by atoms with Gasteiger partial charge in [-0.2, -0.15) is 5.10 Å². The van der Waals surface area contributed by atoms with Crippen LogP contribution in [0, 0.1) is 0 Å². The predicted octanol–water partition coefficient (Wildman–Crippen LogP) is 3.54. The van der Waals surface area contributed by atoms with Crippen LogP contribution in [0.4, 0.5) is 0 Å². The number of hydrogen-bond acceptors (Lipinski definition) is 3. The van der Waals surface area contributed by atoms with E-state index >= 15 is 0 Å². The van der Waals surface area contributed by atoms with Crippen molar-refractivity contribution in [2.75, 3.05) is 0 Å². The summed E-state index contributed by atoms with van der Waals surface area (Å²) in [7, 11) is 0. The minimum absolute atomic E-state index is 0.0422. The lowest BCUT2D eigenvalue weighted by atomic mass is 10.2. The maximum atomic E-state index is 13.0. The standard InChI is InChI=1S/C21H23N3O2/c1-17(26-16-19-10-6-3-7-11-19)21(25)24(15-20-12-13-22-23-20)14-18-8-4-2-5-9-18/h2-13,17H,14-16H2,1H3,(H,22,23). The first-order valence-corrected chi connectivity index (χ1v) is 8.69. The fraction of sp³-hybridized carbons (Fsp3) is 0.238. The average molecular weight is 349 g/mol. The van der Waals surface area contributed by atoms with Crippen LogP contribution in [0.3, 0.4) is 0 Å². The summed E-state index contributed by atoms with van der Waals surface area (Å²) in [5.74, 6) is -0.0422. The summed E-state index contributed by atoms with van der Waals surface area (Å²) in [6.07, 6.45) is 1.16. The number of benzene rings is 2. The van der Waals surface area contributed by atoms with Gasteiger partial charge in [0.1, 0.15) is 6.10 Å². The molecule has 1 amide bonds. The second-order valence-corrected chi connectivity index (χ2v) is 6.20. The smallest absolute Gasteiger partial charge is 0.252 e. The summed E-state index contributed by atoms with van der Waals surface area (Å²) in [5, 5.41) is 6.89. The van der Waals surface area contributed by atoms with Gasteiger partial charge in [-0.1, -0.05) is 60.7 Å². The van der Waals surface area contributed by atoms with Gasteiger partial charge in [-0.15, -0.1) is 0 Å². The third-order valence-corrected chi connectivity index (χ3v) is 4.14. The Morgan fingerprint density at radius 3 is 2.27 bits per heavy atom. The molecular weight excluding hydrogens is 326 g/mol. The topological polar surface area (TPSA) is 58.2 Å². The molecule has 3 rings (SSSR count). The zero-order valence-corrected chi connectivity index (χ0v) is 14.8. The number of rotatable bonds is 8. The molecule has 0 aliphatic rings. The molecule has 0 fully saturated rings. The first-order chi connectivity index (χ1) is 12.7. The van der Waals surface area contributed by atoms with Crippen LogP contribution in [0.1, 0.15) is 23.7 Å². The van der Waals surface area contributed by atoms with Crippen LogP contribution in [0.5, 0.6) is 0 Å². The molecule has 1 atom stereocenters. The zero-order chi connectivity index (χ0) is 18.2. The number of hydrogen-bond donors (Lipinski definition) is 1. The zero-order valence-electron chi connectivity index (χ0n) is 14.8. The minimum Gasteiger partial charge on any atom is -0.364 e. The van der Waals surface area contributed by atoms with Crippen molar-refractivity contribution in [2.45, 2.75) is 32.7 Å². The van der Waals surface area contributed by atoms with Crippen LogP contribution in [0.15, 0.2) is 72.9 Å². The molecule has 1 aromatic heterocycles. The Morgan fingerprint density at radius 1 is 1.00 bits per heavy atom. The molecule has 1 unspecified atom stereocenters. The largest absolute Gasteiger partial charge is 0.364 e. The quantitative estimate of drug-likeness (QED) is 0.677. The van der Waals surface area contributed by atoms with E-state index in [-0.39, 0.29) is 5.91 Å². The van der Waals surface area contributed by atoms with Crippen LogP contribution < -0.4 is 0 Å². The number of ether oxygens (including phenoxy) is 1. The van der Waals surface area contributed by atoms with Gasteiger partial charge in [0, 0.05) is 12.7 Å². The van der Waals surface area contributed by atoms with E-state index < -0.39 is 6.10 Å². The Morgan fingerprint density at radius 2 is 1.65 bits per heavy atom. The van der Waals surface area contributed by atoms with Gasteiger partial charge in [-0.25, -0.2) is 0 Å². The number of H-pyrrole nitrogens is 1. The second kappa shape index (κ2) is 8.97. The van der Waals surface area contributed by atoms with Crippen LogP contribution in [-0.4, -0.2) is 27.1 Å². The Kier molecular flexibility index (Phi) is 6.17. The maximum Gasteiger partial charge on any atom is 0.252 e. The number of aromatic amines is 1. The molecule has 5 nitrogen and oxygen atoms in total. The number of aromatic nitrogens is 2. The van der Waals surface area contributed by atoms with E-state index in [1.54, 1.807) is 18.0 Å². The van der Waals surface area contributed by atoms with Crippen molar-refractivity contribution in [1.29, 1.82) is 0 Å². The summed E-state index contributed by atoms with van der Waals surface area (Å²) < 4.78 is 5.81. The van der Waals surface area contributed by atoms with Gasteiger partial charge in [0.05, 0.1) is 18.8 Å². The number of carbonyl (C=O) groups excluding carboxylic acids is 1. The van der Waals surface area contributed by atoms with Gasteiger partial charge in [0.15, 0.2) is 0 Å². The summed E-state index contributed by atoms with van der Waals surface area (Å²) in [6.45, 7) is 3.21. The third-order valence-electron chi connectivity index (χ3n) is 4.14. The molecule has 0 radical (unpaired) electrons. The molecule has 0 aliphatic heterocycles. The summed E-state index contributed by atoms with van der Waals surface area (Å²) in [4.78, 5) is 14.8. The Hall–Kier alpha value is -2.92. The van der Waals surface area contributed by atoms with E-state index in [1.165, 1.54) is 0 Å². The van der Waals surface area contributed by atoms with E-state index in [9.17, 15) is 4.79 Å². The highest BCUT2D eigenvalue weighted by molar-refractivity contribution is 5.80. The molecule has 2 aromatic carbocycles. The molecule has 0 spiro atoms. The Bertz CT molecular complexity index is 789. The summed E-state index contributed by atoms with van der Waals surface area (Å²) >= 11 is 0. The fourth-order valence-electron chi connectivity index (χ4n) is 2.72. The number of nitrogens with one attached hydrogen (secondary N) is 1. The average Bonchev–Trinajstić information content (AvgIpc) is 3.20. The predicted molar refractivity (Wildman–Crippen MR) is 100.0 cm³/mol. The number of amides is 1. The first kappa shape index (κ1) is 17.9. The van der Waals surface area contributed by atoms with Crippen LogP contribution >= 0.6 is 0 Å². The van der Waals surface area contributed by atoms with Crippen molar-refractivity contribution in [3.05, 3.63) is 89.7 Å². The van der Waals surface area contributed by atoms with Crippen LogP contribution in [0.25, 0.3) is 0 Å². The van der Waals surface area contributed by atoms with E-state index in [4.69, 9.17) is 4.74 Å². The molecule has 5 heteroatoms. The van der Waals surface area contributed by atoms with Gasteiger partial charge in [0.2, 0.25) is 0 Å². The molecule has 1 heterocycles. The lowest BCUT2D eigenvalue weighted by Gasteiger charge is -2.25. The number of nitrogens with zero attached hydrogens (tertiary/aromatic N) is 2.